The standard InChI is InChI=1S/C19H20N6O2/c1-12-17(19(27)24-9-6-13(7-10-24)18(20)26)22-23-25(12)15-4-5-16-14(11-15)3-2-8-21-16/h2-5,8,11,13H,6-7,9-10H2,1H3,(H2,20,26). The number of rotatable bonds is 3. The number of piperidine rings is 1. The van der Waals surface area contributed by atoms with Crippen LogP contribution in [0.4, 0.5) is 0 Å². The number of hydrogen-bond donors (Lipinski definition) is 1. The van der Waals surface area contributed by atoms with E-state index >= 15 is 0 Å². The Morgan fingerprint density at radius 3 is 2.70 bits per heavy atom. The highest BCUT2D eigenvalue weighted by Gasteiger charge is 2.29. The predicted octanol–water partition coefficient (Wildman–Crippen LogP) is 1.46. The van der Waals surface area contributed by atoms with Gasteiger partial charge in [0.05, 0.1) is 16.9 Å². The molecule has 0 aliphatic carbocycles. The number of hydrogen-bond acceptors (Lipinski definition) is 5. The van der Waals surface area contributed by atoms with E-state index in [0.29, 0.717) is 37.3 Å². The molecule has 0 unspecified atom stereocenters. The molecule has 0 bridgehead atoms. The zero-order valence-electron chi connectivity index (χ0n) is 15.0. The van der Waals surface area contributed by atoms with Gasteiger partial charge in [-0.25, -0.2) is 4.68 Å². The number of benzene rings is 1. The Morgan fingerprint density at radius 2 is 1.96 bits per heavy atom. The Labute approximate surface area is 156 Å². The maximum absolute atomic E-state index is 12.8. The first kappa shape index (κ1) is 17.1. The lowest BCUT2D eigenvalue weighted by atomic mass is 9.96. The highest BCUT2D eigenvalue weighted by atomic mass is 16.2. The lowest BCUT2D eigenvalue weighted by molar-refractivity contribution is -0.123. The van der Waals surface area contributed by atoms with Gasteiger partial charge in [0.25, 0.3) is 5.91 Å². The van der Waals surface area contributed by atoms with Crippen molar-refractivity contribution in [1.82, 2.24) is 24.9 Å². The third kappa shape index (κ3) is 3.14. The average Bonchev–Trinajstić information content (AvgIpc) is 3.08. The fraction of sp³-hybridized carbons (Fsp3) is 0.316. The van der Waals surface area contributed by atoms with Crippen molar-refractivity contribution in [3.05, 3.63) is 47.9 Å². The summed E-state index contributed by atoms with van der Waals surface area (Å²) in [6.45, 7) is 2.83. The molecule has 3 aromatic rings. The highest BCUT2D eigenvalue weighted by Crippen LogP contribution is 2.21. The molecule has 4 rings (SSSR count). The molecular weight excluding hydrogens is 344 g/mol. The minimum Gasteiger partial charge on any atom is -0.369 e. The number of pyridine rings is 1. The van der Waals surface area contributed by atoms with Gasteiger partial charge in [-0.3, -0.25) is 14.6 Å². The molecule has 27 heavy (non-hydrogen) atoms. The van der Waals surface area contributed by atoms with Crippen LogP contribution in [-0.4, -0.2) is 49.8 Å². The summed E-state index contributed by atoms with van der Waals surface area (Å²) in [5, 5.41) is 9.28. The molecule has 1 fully saturated rings. The predicted molar refractivity (Wildman–Crippen MR) is 99.2 cm³/mol. The first-order valence-corrected chi connectivity index (χ1v) is 8.90. The average molecular weight is 364 g/mol. The molecule has 0 radical (unpaired) electrons. The molecule has 8 heteroatoms. The Kier molecular flexibility index (Phi) is 4.31. The van der Waals surface area contributed by atoms with Crippen molar-refractivity contribution in [2.45, 2.75) is 19.8 Å². The van der Waals surface area contributed by atoms with E-state index in [1.807, 2.05) is 37.3 Å². The summed E-state index contributed by atoms with van der Waals surface area (Å²) in [6, 6.07) is 9.65. The molecule has 1 saturated heterocycles. The van der Waals surface area contributed by atoms with Gasteiger partial charge in [-0.1, -0.05) is 11.3 Å². The van der Waals surface area contributed by atoms with E-state index in [4.69, 9.17) is 5.73 Å². The van der Waals surface area contributed by atoms with Gasteiger partial charge in [0, 0.05) is 30.6 Å². The van der Waals surface area contributed by atoms with Crippen LogP contribution in [0.1, 0.15) is 29.0 Å². The fourth-order valence-corrected chi connectivity index (χ4v) is 3.48. The molecule has 2 amide bonds. The van der Waals surface area contributed by atoms with Crippen LogP contribution in [0.25, 0.3) is 16.6 Å². The number of likely N-dealkylation sites (tertiary alicyclic amines) is 1. The first-order chi connectivity index (χ1) is 13.0. The van der Waals surface area contributed by atoms with Gasteiger partial charge in [0.15, 0.2) is 5.69 Å². The molecular formula is C19H20N6O2. The van der Waals surface area contributed by atoms with E-state index in [-0.39, 0.29) is 17.7 Å². The molecule has 0 spiro atoms. The van der Waals surface area contributed by atoms with Gasteiger partial charge >= 0.3 is 0 Å². The van der Waals surface area contributed by atoms with E-state index in [1.165, 1.54) is 0 Å². The second kappa shape index (κ2) is 6.79. The van der Waals surface area contributed by atoms with Crippen LogP contribution in [0.15, 0.2) is 36.5 Å². The summed E-state index contributed by atoms with van der Waals surface area (Å²) in [4.78, 5) is 30.2. The van der Waals surface area contributed by atoms with Crippen LogP contribution in [0.5, 0.6) is 0 Å². The number of aromatic nitrogens is 4. The molecule has 2 N–H and O–H groups in total. The van der Waals surface area contributed by atoms with E-state index in [1.54, 1.807) is 15.8 Å². The summed E-state index contributed by atoms with van der Waals surface area (Å²) in [5.41, 5.74) is 8.09. The molecule has 1 aromatic carbocycles. The van der Waals surface area contributed by atoms with Gasteiger partial charge in [-0.2, -0.15) is 0 Å². The lowest BCUT2D eigenvalue weighted by Gasteiger charge is -2.30. The van der Waals surface area contributed by atoms with E-state index < -0.39 is 0 Å². The number of carbonyl (C=O) groups is 2. The van der Waals surface area contributed by atoms with Gasteiger partial charge in [0.1, 0.15) is 0 Å². The number of fused-ring (bicyclic) bond motifs is 1. The van der Waals surface area contributed by atoms with Crippen molar-refractivity contribution in [2.24, 2.45) is 11.7 Å². The SMILES string of the molecule is Cc1c(C(=O)N2CCC(C(N)=O)CC2)nnn1-c1ccc2ncccc2c1. The van der Waals surface area contributed by atoms with E-state index in [0.717, 1.165) is 16.6 Å². The quantitative estimate of drug-likeness (QED) is 0.757. The third-order valence-corrected chi connectivity index (χ3v) is 5.11. The van der Waals surface area contributed by atoms with Crippen molar-refractivity contribution in [1.29, 1.82) is 0 Å². The lowest BCUT2D eigenvalue weighted by Crippen LogP contribution is -2.42. The molecule has 3 heterocycles. The summed E-state index contributed by atoms with van der Waals surface area (Å²) >= 11 is 0. The number of amides is 2. The monoisotopic (exact) mass is 364 g/mol. The molecule has 2 aromatic heterocycles. The molecule has 1 aliphatic heterocycles. The fourth-order valence-electron chi connectivity index (χ4n) is 3.48. The maximum atomic E-state index is 12.8. The Balaban J connectivity index is 1.58. The Morgan fingerprint density at radius 1 is 1.19 bits per heavy atom. The van der Waals surface area contributed by atoms with E-state index in [9.17, 15) is 9.59 Å². The molecule has 0 saturated carbocycles. The maximum Gasteiger partial charge on any atom is 0.276 e. The number of primary amides is 1. The van der Waals surface area contributed by atoms with Crippen LogP contribution in [0, 0.1) is 12.8 Å². The van der Waals surface area contributed by atoms with E-state index in [2.05, 4.69) is 15.3 Å². The van der Waals surface area contributed by atoms with Crippen molar-refractivity contribution < 1.29 is 9.59 Å². The van der Waals surface area contributed by atoms with Crippen LogP contribution in [0.2, 0.25) is 0 Å². The zero-order valence-corrected chi connectivity index (χ0v) is 15.0. The van der Waals surface area contributed by atoms with Crippen LogP contribution < -0.4 is 5.73 Å². The molecule has 8 nitrogen and oxygen atoms in total. The van der Waals surface area contributed by atoms with Crippen molar-refractivity contribution in [3.63, 3.8) is 0 Å². The topological polar surface area (TPSA) is 107 Å². The Hall–Kier alpha value is -3.29. The normalized spacial score (nSPS) is 15.2. The van der Waals surface area contributed by atoms with Crippen LogP contribution in [0.3, 0.4) is 0 Å². The van der Waals surface area contributed by atoms with Crippen LogP contribution in [-0.2, 0) is 4.79 Å². The van der Waals surface area contributed by atoms with Crippen molar-refractivity contribution in [2.75, 3.05) is 13.1 Å². The smallest absolute Gasteiger partial charge is 0.276 e. The minimum absolute atomic E-state index is 0.156. The Bertz CT molecular complexity index is 1020. The number of carbonyl (C=O) groups excluding carboxylic acids is 2. The van der Waals surface area contributed by atoms with Gasteiger partial charge in [-0.15, -0.1) is 5.10 Å². The third-order valence-electron chi connectivity index (χ3n) is 5.11. The van der Waals surface area contributed by atoms with Crippen molar-refractivity contribution >= 4 is 22.7 Å². The number of nitrogens with zero attached hydrogens (tertiary/aromatic N) is 5. The molecule has 1 aliphatic rings. The molecule has 138 valence electrons. The summed E-state index contributed by atoms with van der Waals surface area (Å²) in [5.74, 6) is -0.615. The summed E-state index contributed by atoms with van der Waals surface area (Å²) < 4.78 is 1.66. The second-order valence-corrected chi connectivity index (χ2v) is 6.78. The first-order valence-electron chi connectivity index (χ1n) is 8.90. The summed E-state index contributed by atoms with van der Waals surface area (Å²) in [6.07, 6.45) is 2.93. The van der Waals surface area contributed by atoms with Gasteiger partial charge in [-0.05, 0) is 44.0 Å². The minimum atomic E-state index is -0.296. The number of nitrogens with two attached hydrogens (primary N) is 1. The summed E-state index contributed by atoms with van der Waals surface area (Å²) in [7, 11) is 0. The van der Waals surface area contributed by atoms with Crippen molar-refractivity contribution in [3.8, 4) is 5.69 Å². The zero-order chi connectivity index (χ0) is 19.0. The molecule has 0 atom stereocenters. The second-order valence-electron chi connectivity index (χ2n) is 6.78. The van der Waals surface area contributed by atoms with Gasteiger partial charge in [0.2, 0.25) is 5.91 Å². The highest BCUT2D eigenvalue weighted by molar-refractivity contribution is 5.93. The largest absolute Gasteiger partial charge is 0.369 e. The van der Waals surface area contributed by atoms with Gasteiger partial charge < -0.3 is 10.6 Å². The van der Waals surface area contributed by atoms with Crippen LogP contribution >= 0.6 is 0 Å².